The molecule has 1 N–H and O–H groups in total. The fourth-order valence-corrected chi connectivity index (χ4v) is 11.9. The molecule has 3 nitrogen and oxygen atoms in total. The molecular formula is C81H61N3. The molecule has 1 unspecified atom stereocenters. The number of benzene rings is 13. The van der Waals surface area contributed by atoms with Crippen molar-refractivity contribution in [3.05, 3.63) is 361 Å². The second-order valence-electron chi connectivity index (χ2n) is 21.7. The van der Waals surface area contributed by atoms with Crippen LogP contribution in [-0.2, 0) is 12.8 Å². The van der Waals surface area contributed by atoms with Crippen molar-refractivity contribution in [1.29, 1.82) is 0 Å². The van der Waals surface area contributed by atoms with Crippen molar-refractivity contribution < 1.29 is 0 Å². The molecule has 0 saturated carbocycles. The average Bonchev–Trinajstić information content (AvgIpc) is 3.75. The topological polar surface area (TPSA) is 18.5 Å². The van der Waals surface area contributed by atoms with E-state index in [2.05, 4.69) is 331 Å². The molecule has 0 saturated heterocycles. The van der Waals surface area contributed by atoms with E-state index in [1.807, 2.05) is 18.2 Å². The molecule has 0 aromatic heterocycles. The number of anilines is 8. The summed E-state index contributed by atoms with van der Waals surface area (Å²) >= 11 is 0. The number of rotatable bonds is 16. The van der Waals surface area contributed by atoms with Crippen LogP contribution in [0.4, 0.5) is 45.5 Å². The minimum atomic E-state index is 0.00727. The second-order valence-corrected chi connectivity index (χ2v) is 21.7. The van der Waals surface area contributed by atoms with E-state index in [4.69, 9.17) is 0 Å². The highest BCUT2D eigenvalue weighted by Crippen LogP contribution is 2.41. The first kappa shape index (κ1) is 51.4. The first-order valence-corrected chi connectivity index (χ1v) is 29.1. The Bertz CT molecular complexity index is 4260. The fraction of sp³-hybridized carbons (Fsp3) is 0.0370. The molecule has 0 fully saturated rings. The third-order valence-electron chi connectivity index (χ3n) is 16.5. The van der Waals surface area contributed by atoms with Gasteiger partial charge in [-0.15, -0.1) is 0 Å². The third kappa shape index (κ3) is 10.9. The highest BCUT2D eigenvalue weighted by molar-refractivity contribution is 5.82. The quantitative estimate of drug-likeness (QED) is 0.0973. The zero-order chi connectivity index (χ0) is 56.0. The second kappa shape index (κ2) is 23.4. The highest BCUT2D eigenvalue weighted by Gasteiger charge is 2.20. The Hall–Kier alpha value is -10.7. The minimum absolute atomic E-state index is 0.00727. The van der Waals surface area contributed by atoms with Gasteiger partial charge in [0.05, 0.1) is 0 Å². The van der Waals surface area contributed by atoms with Crippen molar-refractivity contribution in [2.24, 2.45) is 0 Å². The van der Waals surface area contributed by atoms with Crippen molar-refractivity contribution in [3.8, 4) is 55.6 Å². The van der Waals surface area contributed by atoms with E-state index >= 15 is 0 Å². The lowest BCUT2D eigenvalue weighted by Gasteiger charge is -2.26. The van der Waals surface area contributed by atoms with Crippen LogP contribution < -0.4 is 15.1 Å². The Morgan fingerprint density at radius 2 is 0.500 bits per heavy atom. The lowest BCUT2D eigenvalue weighted by molar-refractivity contribution is 0.840. The summed E-state index contributed by atoms with van der Waals surface area (Å²) < 4.78 is 0. The lowest BCUT2D eigenvalue weighted by Crippen LogP contribution is -2.09. The van der Waals surface area contributed by atoms with E-state index in [1.54, 1.807) is 0 Å². The predicted octanol–water partition coefficient (Wildman–Crippen LogP) is 22.0. The Morgan fingerprint density at radius 1 is 0.214 bits per heavy atom. The van der Waals surface area contributed by atoms with Crippen LogP contribution in [0.1, 0.15) is 33.7 Å². The third-order valence-corrected chi connectivity index (χ3v) is 16.5. The van der Waals surface area contributed by atoms with Crippen LogP contribution >= 0.6 is 0 Å². The summed E-state index contributed by atoms with van der Waals surface area (Å²) in [5.74, 6) is 0.00727. The maximum Gasteiger partial charge on any atom is 0.0462 e. The predicted molar refractivity (Wildman–Crippen MR) is 354 cm³/mol. The molecule has 1 aliphatic carbocycles. The molecule has 0 radical (unpaired) electrons. The van der Waals surface area contributed by atoms with E-state index in [0.717, 1.165) is 51.1 Å². The lowest BCUT2D eigenvalue weighted by atomic mass is 9.83. The van der Waals surface area contributed by atoms with Crippen LogP contribution in [0.2, 0.25) is 0 Å². The summed E-state index contributed by atoms with van der Waals surface area (Å²) in [6.07, 6.45) is 2.37. The Kier molecular flexibility index (Phi) is 14.3. The van der Waals surface area contributed by atoms with Gasteiger partial charge in [-0.05, 0) is 199 Å². The van der Waals surface area contributed by atoms with Gasteiger partial charge in [0.1, 0.15) is 0 Å². The van der Waals surface area contributed by atoms with Gasteiger partial charge in [-0.1, -0.05) is 231 Å². The molecule has 0 aliphatic heterocycles. The monoisotopic (exact) mass is 1080 g/mol. The van der Waals surface area contributed by atoms with Crippen molar-refractivity contribution in [2.75, 3.05) is 15.1 Å². The average molecular weight is 1080 g/mol. The van der Waals surface area contributed by atoms with Gasteiger partial charge in [0.15, 0.2) is 0 Å². The number of hydrogen-bond donors (Lipinski definition) is 1. The molecule has 400 valence electrons. The molecule has 0 amide bonds. The largest absolute Gasteiger partial charge is 0.356 e. The molecular weight excluding hydrogens is 1010 g/mol. The van der Waals surface area contributed by atoms with Crippen LogP contribution in [-0.4, -0.2) is 0 Å². The Labute approximate surface area is 493 Å². The van der Waals surface area contributed by atoms with Crippen molar-refractivity contribution in [2.45, 2.75) is 18.8 Å². The van der Waals surface area contributed by atoms with Crippen LogP contribution in [0.5, 0.6) is 0 Å². The van der Waals surface area contributed by atoms with Gasteiger partial charge in [-0.2, -0.15) is 0 Å². The number of aryl methyl sites for hydroxylation is 2. The standard InChI is InChI=1S/C81H61N3/c1-5-16-73(17-6-1)82-74-48-40-60(41-49-74)63-46-54-80(55-47-63)84(77-22-11-4-12-23-77)79-52-44-62(45-53-79)59-26-34-67(35-27-59)81(68-36-28-64(29-37-68)69-14-13-15-70(56-69)72-39-31-65-30-38-71(65)57-72)66-32-24-58(25-33-66)61-42-50-78(51-43-61)83(75-18-7-2-8-19-75)76-20-9-3-10-21-76/h1-29,31-37,39-57,81-82H,30,38H2. The van der Waals surface area contributed by atoms with E-state index in [0.29, 0.717) is 0 Å². The Morgan fingerprint density at radius 3 is 0.869 bits per heavy atom. The number of nitrogens with one attached hydrogen (secondary N) is 1. The summed E-state index contributed by atoms with van der Waals surface area (Å²) in [6, 6.07) is 121. The number of nitrogens with zero attached hydrogens (tertiary/aromatic N) is 2. The van der Waals surface area contributed by atoms with E-state index in [-0.39, 0.29) is 5.92 Å². The zero-order valence-electron chi connectivity index (χ0n) is 46.6. The van der Waals surface area contributed by atoms with Gasteiger partial charge in [-0.25, -0.2) is 0 Å². The Balaban J connectivity index is 0.742. The van der Waals surface area contributed by atoms with Gasteiger partial charge in [0.25, 0.3) is 0 Å². The number of para-hydroxylation sites is 4. The van der Waals surface area contributed by atoms with Gasteiger partial charge < -0.3 is 15.1 Å². The van der Waals surface area contributed by atoms with Gasteiger partial charge in [0.2, 0.25) is 0 Å². The van der Waals surface area contributed by atoms with Crippen LogP contribution in [0.3, 0.4) is 0 Å². The molecule has 1 aliphatic rings. The van der Waals surface area contributed by atoms with Crippen LogP contribution in [0.15, 0.2) is 334 Å². The summed E-state index contributed by atoms with van der Waals surface area (Å²) in [7, 11) is 0. The summed E-state index contributed by atoms with van der Waals surface area (Å²) in [5, 5.41) is 3.50. The van der Waals surface area contributed by atoms with E-state index in [9.17, 15) is 0 Å². The first-order chi connectivity index (χ1) is 41.6. The normalized spacial score (nSPS) is 11.9. The molecule has 1 atom stereocenters. The zero-order valence-corrected chi connectivity index (χ0v) is 46.6. The summed E-state index contributed by atoms with van der Waals surface area (Å²) in [5.41, 5.74) is 27.5. The van der Waals surface area contributed by atoms with E-state index in [1.165, 1.54) is 90.7 Å². The minimum Gasteiger partial charge on any atom is -0.356 e. The van der Waals surface area contributed by atoms with E-state index < -0.39 is 0 Å². The molecule has 0 heterocycles. The maximum atomic E-state index is 3.50. The fourth-order valence-electron chi connectivity index (χ4n) is 11.9. The van der Waals surface area contributed by atoms with Gasteiger partial charge in [-0.3, -0.25) is 0 Å². The van der Waals surface area contributed by atoms with Crippen LogP contribution in [0.25, 0.3) is 55.6 Å². The number of hydrogen-bond acceptors (Lipinski definition) is 3. The van der Waals surface area contributed by atoms with Gasteiger partial charge in [0, 0.05) is 51.4 Å². The molecule has 13 aromatic rings. The van der Waals surface area contributed by atoms with Crippen molar-refractivity contribution in [3.63, 3.8) is 0 Å². The molecule has 3 heteroatoms. The smallest absolute Gasteiger partial charge is 0.0462 e. The molecule has 13 aromatic carbocycles. The van der Waals surface area contributed by atoms with Crippen LogP contribution in [0, 0.1) is 0 Å². The van der Waals surface area contributed by atoms with Crippen molar-refractivity contribution >= 4 is 45.5 Å². The number of fused-ring (bicyclic) bond motifs is 1. The highest BCUT2D eigenvalue weighted by atomic mass is 15.1. The van der Waals surface area contributed by atoms with Crippen molar-refractivity contribution in [1.82, 2.24) is 0 Å². The first-order valence-electron chi connectivity index (χ1n) is 29.1. The summed E-state index contributed by atoms with van der Waals surface area (Å²) in [6.45, 7) is 0. The molecule has 14 rings (SSSR count). The summed E-state index contributed by atoms with van der Waals surface area (Å²) in [4.78, 5) is 4.63. The molecule has 0 spiro atoms. The maximum absolute atomic E-state index is 3.50. The molecule has 0 bridgehead atoms. The van der Waals surface area contributed by atoms with Gasteiger partial charge >= 0.3 is 0 Å². The molecule has 84 heavy (non-hydrogen) atoms. The SMILES string of the molecule is c1ccc(Nc2ccc(-c3ccc(N(c4ccccc4)c4ccc(-c5ccc(C(c6ccc(-c7ccc(N(c8ccccc8)c8ccccc8)cc7)cc6)c6ccc(-c7cccc(-c8ccc9c(c8)CC9)c7)cc6)cc5)cc4)cc3)cc2)cc1.